The maximum absolute atomic E-state index is 13.9. The van der Waals surface area contributed by atoms with Crippen LogP contribution in [-0.4, -0.2) is 56.3 Å². The SMILES string of the molecule is N#Cc1ccccc1NC(=O)CN1CCN(S(=O)(=O)c2ccccc2F)CC1. The molecule has 0 unspecified atom stereocenters. The molecule has 3 rings (SSSR count). The maximum atomic E-state index is 13.9. The Morgan fingerprint density at radius 1 is 1.07 bits per heavy atom. The highest BCUT2D eigenvalue weighted by Crippen LogP contribution is 2.20. The number of halogens is 1. The van der Waals surface area contributed by atoms with Gasteiger partial charge in [0, 0.05) is 26.2 Å². The van der Waals surface area contributed by atoms with Crippen LogP contribution in [0.5, 0.6) is 0 Å². The normalized spacial score (nSPS) is 15.7. The van der Waals surface area contributed by atoms with E-state index in [1.54, 1.807) is 24.3 Å². The molecule has 0 bridgehead atoms. The first-order valence-corrected chi connectivity index (χ1v) is 10.1. The molecule has 9 heteroatoms. The molecule has 1 fully saturated rings. The van der Waals surface area contributed by atoms with Gasteiger partial charge in [-0.3, -0.25) is 9.69 Å². The number of para-hydroxylation sites is 1. The van der Waals surface area contributed by atoms with E-state index in [0.29, 0.717) is 24.3 Å². The molecule has 1 aliphatic heterocycles. The monoisotopic (exact) mass is 402 g/mol. The van der Waals surface area contributed by atoms with Crippen molar-refractivity contribution in [3.63, 3.8) is 0 Å². The summed E-state index contributed by atoms with van der Waals surface area (Å²) in [5, 5.41) is 11.8. The predicted molar refractivity (Wildman–Crippen MR) is 101 cm³/mol. The maximum Gasteiger partial charge on any atom is 0.246 e. The minimum atomic E-state index is -3.91. The van der Waals surface area contributed by atoms with Crippen molar-refractivity contribution >= 4 is 21.6 Å². The molecule has 0 spiro atoms. The molecular weight excluding hydrogens is 383 g/mol. The van der Waals surface area contributed by atoms with E-state index in [9.17, 15) is 17.6 Å². The van der Waals surface area contributed by atoms with E-state index in [0.717, 1.165) is 6.07 Å². The van der Waals surface area contributed by atoms with Gasteiger partial charge in [-0.2, -0.15) is 9.57 Å². The van der Waals surface area contributed by atoms with Crippen LogP contribution in [0.25, 0.3) is 0 Å². The number of amides is 1. The third-order valence-electron chi connectivity index (χ3n) is 4.47. The summed E-state index contributed by atoms with van der Waals surface area (Å²) in [6.45, 7) is 1.10. The molecule has 0 saturated carbocycles. The summed E-state index contributed by atoms with van der Waals surface area (Å²) >= 11 is 0. The molecule has 1 aliphatic rings. The molecule has 0 radical (unpaired) electrons. The second kappa shape index (κ2) is 8.48. The Labute approximate surface area is 163 Å². The van der Waals surface area contributed by atoms with Gasteiger partial charge in [0.15, 0.2) is 0 Å². The molecular formula is C19H19FN4O3S. The molecule has 0 aliphatic carbocycles. The van der Waals surface area contributed by atoms with Crippen LogP contribution in [0.4, 0.5) is 10.1 Å². The van der Waals surface area contributed by atoms with Gasteiger partial charge in [-0.05, 0) is 24.3 Å². The van der Waals surface area contributed by atoms with E-state index < -0.39 is 15.8 Å². The van der Waals surface area contributed by atoms with Gasteiger partial charge in [0.05, 0.1) is 17.8 Å². The molecule has 1 saturated heterocycles. The topological polar surface area (TPSA) is 93.5 Å². The third kappa shape index (κ3) is 4.36. The Morgan fingerprint density at radius 3 is 2.39 bits per heavy atom. The summed E-state index contributed by atoms with van der Waals surface area (Å²) in [6, 6.07) is 14.0. The van der Waals surface area contributed by atoms with Crippen molar-refractivity contribution in [3.8, 4) is 6.07 Å². The summed E-state index contributed by atoms with van der Waals surface area (Å²) in [4.78, 5) is 13.7. The lowest BCUT2D eigenvalue weighted by atomic mass is 10.2. The number of carbonyl (C=O) groups excluding carboxylic acids is 1. The number of anilines is 1. The number of rotatable bonds is 5. The van der Waals surface area contributed by atoms with Crippen LogP contribution in [0.3, 0.4) is 0 Å². The van der Waals surface area contributed by atoms with Gasteiger partial charge < -0.3 is 5.32 Å². The van der Waals surface area contributed by atoms with Crippen LogP contribution >= 0.6 is 0 Å². The summed E-state index contributed by atoms with van der Waals surface area (Å²) < 4.78 is 40.3. The first kappa shape index (κ1) is 19.9. The lowest BCUT2D eigenvalue weighted by molar-refractivity contribution is -0.117. The fraction of sp³-hybridized carbons (Fsp3) is 0.263. The van der Waals surface area contributed by atoms with Gasteiger partial charge in [0.1, 0.15) is 16.8 Å². The van der Waals surface area contributed by atoms with Gasteiger partial charge in [0.2, 0.25) is 15.9 Å². The van der Waals surface area contributed by atoms with Crippen LogP contribution in [0, 0.1) is 17.1 Å². The molecule has 2 aromatic carbocycles. The zero-order valence-corrected chi connectivity index (χ0v) is 15.8. The van der Waals surface area contributed by atoms with Gasteiger partial charge in [-0.1, -0.05) is 24.3 Å². The number of nitrogens with zero attached hydrogens (tertiary/aromatic N) is 3. The highest BCUT2D eigenvalue weighted by molar-refractivity contribution is 7.89. The fourth-order valence-electron chi connectivity index (χ4n) is 3.00. The first-order chi connectivity index (χ1) is 13.4. The van der Waals surface area contributed by atoms with Crippen molar-refractivity contribution in [2.24, 2.45) is 0 Å². The average molecular weight is 402 g/mol. The summed E-state index contributed by atoms with van der Waals surface area (Å²) in [5.41, 5.74) is 0.812. The number of hydrogen-bond acceptors (Lipinski definition) is 5. The number of nitrogens with one attached hydrogen (secondary N) is 1. The zero-order valence-electron chi connectivity index (χ0n) is 15.0. The number of carbonyl (C=O) groups is 1. The van der Waals surface area contributed by atoms with E-state index in [2.05, 4.69) is 5.32 Å². The molecule has 0 atom stereocenters. The predicted octanol–water partition coefficient (Wildman–Crippen LogP) is 1.64. The van der Waals surface area contributed by atoms with Gasteiger partial charge in [0.25, 0.3) is 0 Å². The second-order valence-corrected chi connectivity index (χ2v) is 8.22. The van der Waals surface area contributed by atoms with E-state index in [4.69, 9.17) is 5.26 Å². The molecule has 1 amide bonds. The lowest BCUT2D eigenvalue weighted by Crippen LogP contribution is -2.50. The number of benzene rings is 2. The van der Waals surface area contributed by atoms with Gasteiger partial charge in [-0.25, -0.2) is 12.8 Å². The lowest BCUT2D eigenvalue weighted by Gasteiger charge is -2.33. The van der Waals surface area contributed by atoms with E-state index >= 15 is 0 Å². The smallest absolute Gasteiger partial charge is 0.246 e. The largest absolute Gasteiger partial charge is 0.324 e. The van der Waals surface area contributed by atoms with E-state index in [1.807, 2.05) is 11.0 Å². The molecule has 146 valence electrons. The van der Waals surface area contributed by atoms with E-state index in [1.165, 1.54) is 22.5 Å². The number of piperazine rings is 1. The number of hydrogen-bond donors (Lipinski definition) is 1. The first-order valence-electron chi connectivity index (χ1n) is 8.68. The summed E-state index contributed by atoms with van der Waals surface area (Å²) in [6.07, 6.45) is 0. The highest BCUT2D eigenvalue weighted by Gasteiger charge is 2.30. The van der Waals surface area contributed by atoms with E-state index in [-0.39, 0.29) is 30.4 Å². The second-order valence-electron chi connectivity index (χ2n) is 6.32. The average Bonchev–Trinajstić information content (AvgIpc) is 2.69. The van der Waals surface area contributed by atoms with Crippen molar-refractivity contribution in [2.75, 3.05) is 38.0 Å². The van der Waals surface area contributed by atoms with Crippen molar-refractivity contribution < 1.29 is 17.6 Å². The Kier molecular flexibility index (Phi) is 6.04. The van der Waals surface area contributed by atoms with Crippen LogP contribution in [0.15, 0.2) is 53.4 Å². The Bertz CT molecular complexity index is 1010. The molecule has 1 N–H and O–H groups in total. The van der Waals surface area contributed by atoms with Crippen molar-refractivity contribution in [1.82, 2.24) is 9.21 Å². The van der Waals surface area contributed by atoms with Crippen molar-refractivity contribution in [3.05, 3.63) is 59.9 Å². The van der Waals surface area contributed by atoms with Crippen LogP contribution in [0.2, 0.25) is 0 Å². The standard InChI is InChI=1S/C19H19FN4O3S/c20-16-6-2-4-8-18(16)28(26,27)24-11-9-23(10-12-24)14-19(25)22-17-7-3-1-5-15(17)13-21/h1-8H,9-12,14H2,(H,22,25). The summed E-state index contributed by atoms with van der Waals surface area (Å²) in [5.74, 6) is -1.06. The van der Waals surface area contributed by atoms with Gasteiger partial charge in [-0.15, -0.1) is 0 Å². The fourth-order valence-corrected chi connectivity index (χ4v) is 4.49. The summed E-state index contributed by atoms with van der Waals surface area (Å²) in [7, 11) is -3.91. The van der Waals surface area contributed by atoms with Crippen LogP contribution in [-0.2, 0) is 14.8 Å². The molecule has 2 aromatic rings. The molecule has 28 heavy (non-hydrogen) atoms. The van der Waals surface area contributed by atoms with Crippen molar-refractivity contribution in [2.45, 2.75) is 4.90 Å². The van der Waals surface area contributed by atoms with Crippen LogP contribution < -0.4 is 5.32 Å². The molecule has 0 aromatic heterocycles. The molecule has 1 heterocycles. The number of sulfonamides is 1. The number of nitriles is 1. The van der Waals surface area contributed by atoms with Gasteiger partial charge >= 0.3 is 0 Å². The quantitative estimate of drug-likeness (QED) is 0.821. The minimum absolute atomic E-state index is 0.0767. The Hall–Kier alpha value is -2.80. The molecule has 7 nitrogen and oxygen atoms in total. The third-order valence-corrected chi connectivity index (χ3v) is 6.41. The van der Waals surface area contributed by atoms with Crippen molar-refractivity contribution in [1.29, 1.82) is 5.26 Å². The Morgan fingerprint density at radius 2 is 1.71 bits per heavy atom. The minimum Gasteiger partial charge on any atom is -0.324 e. The highest BCUT2D eigenvalue weighted by atomic mass is 32.2. The van der Waals surface area contributed by atoms with Crippen LogP contribution in [0.1, 0.15) is 5.56 Å². The Balaban J connectivity index is 1.58. The zero-order chi connectivity index (χ0) is 20.1.